The van der Waals surface area contributed by atoms with Crippen LogP contribution in [0.3, 0.4) is 0 Å². The van der Waals surface area contributed by atoms with Gasteiger partial charge in [-0.05, 0) is 24.3 Å². The second-order valence-electron chi connectivity index (χ2n) is 5.33. The summed E-state index contributed by atoms with van der Waals surface area (Å²) in [6, 6.07) is 15.4. The molecule has 23 heavy (non-hydrogen) atoms. The maximum absolute atomic E-state index is 9.58. The lowest BCUT2D eigenvalue weighted by molar-refractivity contribution is 0.245. The Morgan fingerprint density at radius 3 is 2.83 bits per heavy atom. The molecule has 0 bridgehead atoms. The van der Waals surface area contributed by atoms with E-state index in [4.69, 9.17) is 22.1 Å². The number of rotatable bonds is 1. The quantitative estimate of drug-likeness (QED) is 0.715. The number of ether oxygens (including phenoxy) is 1. The van der Waals surface area contributed by atoms with E-state index in [1.165, 1.54) is 0 Å². The lowest BCUT2D eigenvalue weighted by Crippen LogP contribution is -2.32. The Bertz CT molecular complexity index is 997. The molecule has 1 aliphatic heterocycles. The van der Waals surface area contributed by atoms with Crippen LogP contribution in [-0.2, 0) is 0 Å². The number of H-pyrrole nitrogens is 1. The molecule has 1 aliphatic rings. The number of para-hydroxylation sites is 1. The molecule has 0 unspecified atom stereocenters. The number of aromatic nitrogens is 1. The number of halogens is 1. The summed E-state index contributed by atoms with van der Waals surface area (Å²) in [5.74, 6) is 0.672. The highest BCUT2D eigenvalue weighted by Gasteiger charge is 2.28. The Labute approximate surface area is 137 Å². The normalized spacial score (nSPS) is 16.8. The van der Waals surface area contributed by atoms with Crippen LogP contribution in [0.1, 0.15) is 11.1 Å². The average Bonchev–Trinajstić information content (AvgIpc) is 2.96. The number of hydrogen-bond acceptors (Lipinski definition) is 3. The number of benzene rings is 2. The zero-order chi connectivity index (χ0) is 16.0. The topological polar surface area (TPSA) is 74.8 Å². The summed E-state index contributed by atoms with van der Waals surface area (Å²) in [7, 11) is 0. The summed E-state index contributed by atoms with van der Waals surface area (Å²) < 4.78 is 5.66. The van der Waals surface area contributed by atoms with Gasteiger partial charge >= 0.3 is 0 Å². The Kier molecular flexibility index (Phi) is 3.12. The van der Waals surface area contributed by atoms with Crippen LogP contribution < -0.4 is 10.5 Å². The summed E-state index contributed by atoms with van der Waals surface area (Å²) in [5, 5.41) is 11.2. The first-order valence-corrected chi connectivity index (χ1v) is 7.50. The number of nitrogens with one attached hydrogen (secondary N) is 1. The minimum absolute atomic E-state index is 0.407. The summed E-state index contributed by atoms with van der Waals surface area (Å²) >= 11 is 6.14. The Hall–Kier alpha value is -2.74. The van der Waals surface area contributed by atoms with Crippen molar-refractivity contribution in [3.63, 3.8) is 0 Å². The third-order valence-electron chi connectivity index (χ3n) is 4.00. The molecule has 0 spiro atoms. The molecule has 1 atom stereocenters. The maximum Gasteiger partial charge on any atom is 0.184 e. The van der Waals surface area contributed by atoms with Crippen LogP contribution in [-0.4, -0.2) is 11.2 Å². The standard InChI is InChI=1S/C18H12ClN3O/c19-10-5-6-15-12(7-10)14(9-22-15)17-11-3-1-2-4-16(11)23-18(21)13(17)8-20/h1-7,9,18,22H,21H2/t18-/m1/s1. The predicted octanol–water partition coefficient (Wildman–Crippen LogP) is 3.82. The number of nitriles is 1. The molecule has 0 aliphatic carbocycles. The average molecular weight is 322 g/mol. The van der Waals surface area contributed by atoms with Crippen LogP contribution >= 0.6 is 11.6 Å². The van der Waals surface area contributed by atoms with Crippen LogP contribution in [0.15, 0.2) is 54.2 Å². The van der Waals surface area contributed by atoms with Gasteiger partial charge in [-0.2, -0.15) is 5.26 Å². The van der Waals surface area contributed by atoms with E-state index in [0.29, 0.717) is 16.3 Å². The first-order chi connectivity index (χ1) is 11.2. The lowest BCUT2D eigenvalue weighted by Gasteiger charge is -2.25. The molecule has 0 amide bonds. The van der Waals surface area contributed by atoms with Crippen molar-refractivity contribution in [2.24, 2.45) is 5.73 Å². The van der Waals surface area contributed by atoms with Gasteiger partial charge in [0.15, 0.2) is 6.23 Å². The molecule has 2 aromatic carbocycles. The fourth-order valence-electron chi connectivity index (χ4n) is 2.97. The van der Waals surface area contributed by atoms with Crippen molar-refractivity contribution in [2.45, 2.75) is 6.23 Å². The van der Waals surface area contributed by atoms with E-state index >= 15 is 0 Å². The van der Waals surface area contributed by atoms with Gasteiger partial charge in [0.1, 0.15) is 11.8 Å². The minimum atomic E-state index is -0.783. The molecule has 0 fully saturated rings. The third-order valence-corrected chi connectivity index (χ3v) is 4.23. The number of aromatic amines is 1. The number of hydrogen-bond donors (Lipinski definition) is 2. The van der Waals surface area contributed by atoms with Gasteiger partial charge < -0.3 is 9.72 Å². The van der Waals surface area contributed by atoms with E-state index in [2.05, 4.69) is 11.1 Å². The molecule has 5 heteroatoms. The zero-order valence-corrected chi connectivity index (χ0v) is 12.8. The summed E-state index contributed by atoms with van der Waals surface area (Å²) in [6.45, 7) is 0. The highest BCUT2D eigenvalue weighted by molar-refractivity contribution is 6.31. The number of nitrogens with two attached hydrogens (primary N) is 1. The smallest absolute Gasteiger partial charge is 0.184 e. The van der Waals surface area contributed by atoms with Crippen molar-refractivity contribution < 1.29 is 4.74 Å². The van der Waals surface area contributed by atoms with Gasteiger partial charge in [0, 0.05) is 38.8 Å². The van der Waals surface area contributed by atoms with Crippen molar-refractivity contribution in [1.29, 1.82) is 5.26 Å². The van der Waals surface area contributed by atoms with E-state index in [9.17, 15) is 5.26 Å². The van der Waals surface area contributed by atoms with Gasteiger partial charge in [-0.15, -0.1) is 0 Å². The summed E-state index contributed by atoms with van der Waals surface area (Å²) in [6.07, 6.45) is 1.09. The molecule has 112 valence electrons. The van der Waals surface area contributed by atoms with Gasteiger partial charge in [0.2, 0.25) is 0 Å². The third kappa shape index (κ3) is 2.10. The molecule has 3 aromatic rings. The summed E-state index contributed by atoms with van der Waals surface area (Å²) in [5.41, 5.74) is 9.93. The van der Waals surface area contributed by atoms with Crippen molar-refractivity contribution in [2.75, 3.05) is 0 Å². The highest BCUT2D eigenvalue weighted by atomic mass is 35.5. The van der Waals surface area contributed by atoms with Gasteiger partial charge in [-0.3, -0.25) is 5.73 Å². The molecule has 0 saturated heterocycles. The second kappa shape index (κ2) is 5.17. The fraction of sp³-hybridized carbons (Fsp3) is 0.0556. The fourth-order valence-corrected chi connectivity index (χ4v) is 3.14. The first-order valence-electron chi connectivity index (χ1n) is 7.12. The van der Waals surface area contributed by atoms with Crippen molar-refractivity contribution in [1.82, 2.24) is 4.98 Å². The molecule has 2 heterocycles. The Morgan fingerprint density at radius 1 is 1.17 bits per heavy atom. The minimum Gasteiger partial charge on any atom is -0.470 e. The number of nitrogens with zero attached hydrogens (tertiary/aromatic N) is 1. The van der Waals surface area contributed by atoms with Crippen LogP contribution in [0.5, 0.6) is 5.75 Å². The molecular weight excluding hydrogens is 310 g/mol. The molecule has 3 N–H and O–H groups in total. The van der Waals surface area contributed by atoms with Crippen LogP contribution in [0.4, 0.5) is 0 Å². The van der Waals surface area contributed by atoms with Crippen molar-refractivity contribution >= 4 is 28.1 Å². The predicted molar refractivity (Wildman–Crippen MR) is 90.0 cm³/mol. The molecule has 4 nitrogen and oxygen atoms in total. The van der Waals surface area contributed by atoms with E-state index in [1.54, 1.807) is 0 Å². The van der Waals surface area contributed by atoms with E-state index in [0.717, 1.165) is 27.6 Å². The van der Waals surface area contributed by atoms with Gasteiger partial charge in [0.05, 0.1) is 5.57 Å². The highest BCUT2D eigenvalue weighted by Crippen LogP contribution is 2.41. The number of fused-ring (bicyclic) bond motifs is 2. The molecular formula is C18H12ClN3O. The van der Waals surface area contributed by atoms with Crippen LogP contribution in [0.2, 0.25) is 5.02 Å². The first kappa shape index (κ1) is 13.9. The lowest BCUT2D eigenvalue weighted by atomic mass is 9.90. The molecule has 1 aromatic heterocycles. The van der Waals surface area contributed by atoms with Crippen LogP contribution in [0.25, 0.3) is 16.5 Å². The summed E-state index contributed by atoms with van der Waals surface area (Å²) in [4.78, 5) is 3.22. The molecule has 0 saturated carbocycles. The monoisotopic (exact) mass is 321 g/mol. The Balaban J connectivity index is 2.07. The van der Waals surface area contributed by atoms with Gasteiger partial charge in [0.25, 0.3) is 0 Å². The second-order valence-corrected chi connectivity index (χ2v) is 5.76. The molecule has 4 rings (SSSR count). The Morgan fingerprint density at radius 2 is 2.00 bits per heavy atom. The van der Waals surface area contributed by atoms with Crippen molar-refractivity contribution in [3.05, 3.63) is 70.4 Å². The van der Waals surface area contributed by atoms with Gasteiger partial charge in [-0.1, -0.05) is 29.8 Å². The largest absolute Gasteiger partial charge is 0.470 e. The van der Waals surface area contributed by atoms with Crippen LogP contribution in [0, 0.1) is 11.3 Å². The van der Waals surface area contributed by atoms with E-state index in [1.807, 2.05) is 48.7 Å². The van der Waals surface area contributed by atoms with E-state index in [-0.39, 0.29) is 0 Å². The maximum atomic E-state index is 9.58. The SMILES string of the molecule is N#CC1=C(c2c[nH]c3ccc(Cl)cc23)c2ccccc2O[C@H]1N. The van der Waals surface area contributed by atoms with E-state index < -0.39 is 6.23 Å². The zero-order valence-electron chi connectivity index (χ0n) is 12.0. The van der Waals surface area contributed by atoms with Gasteiger partial charge in [-0.25, -0.2) is 0 Å². The van der Waals surface area contributed by atoms with Crippen molar-refractivity contribution in [3.8, 4) is 11.8 Å². The molecule has 0 radical (unpaired) electrons.